The summed E-state index contributed by atoms with van der Waals surface area (Å²) < 4.78 is 19.9. The van der Waals surface area contributed by atoms with Gasteiger partial charge in [0.05, 0.1) is 13.2 Å². The molecule has 3 N–H and O–H groups in total. The van der Waals surface area contributed by atoms with Crippen LogP contribution in [0.15, 0.2) is 42.7 Å². The Labute approximate surface area is 206 Å². The van der Waals surface area contributed by atoms with Crippen LogP contribution >= 0.6 is 0 Å². The minimum atomic E-state index is -0.242. The topological polar surface area (TPSA) is 78.5 Å². The first-order valence-electron chi connectivity index (χ1n) is 12.9. The number of ether oxygens (including phenoxy) is 1. The molecule has 3 aliphatic rings. The van der Waals surface area contributed by atoms with Crippen LogP contribution in [-0.4, -0.2) is 48.1 Å². The smallest absolute Gasteiger partial charge is 0.223 e. The van der Waals surface area contributed by atoms with Crippen LogP contribution in [0.3, 0.4) is 0 Å². The van der Waals surface area contributed by atoms with Crippen LogP contribution < -0.4 is 20.9 Å². The van der Waals surface area contributed by atoms with Gasteiger partial charge >= 0.3 is 0 Å². The number of rotatable bonds is 6. The summed E-state index contributed by atoms with van der Waals surface area (Å²) in [4.78, 5) is 19.8. The number of aromatic nitrogens is 1. The lowest BCUT2D eigenvalue weighted by Crippen LogP contribution is -2.47. The molecule has 5 atom stereocenters. The number of amides is 1. The van der Waals surface area contributed by atoms with Crippen molar-refractivity contribution in [3.05, 3.63) is 59.7 Å². The number of likely N-dealkylation sites (tertiary alicyclic amines) is 1. The number of carbonyl (C=O) groups is 1. The quantitative estimate of drug-likeness (QED) is 0.588. The summed E-state index contributed by atoms with van der Waals surface area (Å²) in [7, 11) is 1.58. The van der Waals surface area contributed by atoms with Gasteiger partial charge in [-0.25, -0.2) is 9.82 Å². The highest BCUT2D eigenvalue weighted by molar-refractivity contribution is 5.79. The minimum absolute atomic E-state index is 0.0191. The number of hydrogen-bond donors (Lipinski definition) is 3. The van der Waals surface area contributed by atoms with Gasteiger partial charge in [0, 0.05) is 49.0 Å². The standard InChI is InChI=1S/C27H36FN5O2/c1-35-25-7-4-6-23(28)22(25)17-33-14-3-2-5-20(16-33)30-27(34)19-8-9-24-21(15-19)26(32-31-24)18-10-12-29-13-11-18/h4,6-7,10-13,19-21,24,26,31-32H,2-3,5,8-9,14-17H2,1H3,(H,30,34). The number of halogens is 1. The summed E-state index contributed by atoms with van der Waals surface area (Å²) in [6.45, 7) is 2.10. The number of nitrogens with zero attached hydrogens (tertiary/aromatic N) is 2. The monoisotopic (exact) mass is 481 g/mol. The Kier molecular flexibility index (Phi) is 7.60. The number of pyridine rings is 1. The molecule has 1 aromatic carbocycles. The van der Waals surface area contributed by atoms with Crippen molar-refractivity contribution in [2.45, 2.75) is 63.2 Å². The van der Waals surface area contributed by atoms with E-state index < -0.39 is 0 Å². The fourth-order valence-electron chi connectivity index (χ4n) is 6.10. The molecule has 8 heteroatoms. The van der Waals surface area contributed by atoms with Gasteiger partial charge in [0.15, 0.2) is 0 Å². The van der Waals surface area contributed by atoms with Gasteiger partial charge in [-0.2, -0.15) is 0 Å². The van der Waals surface area contributed by atoms with Crippen LogP contribution in [0.2, 0.25) is 0 Å². The van der Waals surface area contributed by atoms with Crippen molar-refractivity contribution in [2.75, 3.05) is 20.2 Å². The third-order valence-electron chi connectivity index (χ3n) is 7.97. The summed E-state index contributed by atoms with van der Waals surface area (Å²) in [5.41, 5.74) is 8.70. The molecule has 188 valence electrons. The van der Waals surface area contributed by atoms with Gasteiger partial charge in [-0.1, -0.05) is 12.5 Å². The predicted molar refractivity (Wildman–Crippen MR) is 132 cm³/mol. The van der Waals surface area contributed by atoms with Crippen molar-refractivity contribution in [3.63, 3.8) is 0 Å². The summed E-state index contributed by atoms with van der Waals surface area (Å²) in [6.07, 6.45) is 9.46. The molecule has 5 rings (SSSR count). The van der Waals surface area contributed by atoms with Crippen molar-refractivity contribution < 1.29 is 13.9 Å². The normalized spacial score (nSPS) is 29.3. The fourth-order valence-corrected chi connectivity index (χ4v) is 6.10. The molecule has 0 spiro atoms. The summed E-state index contributed by atoms with van der Waals surface area (Å²) >= 11 is 0. The van der Waals surface area contributed by atoms with E-state index in [2.05, 4.69) is 38.2 Å². The molecule has 0 bridgehead atoms. The molecule has 35 heavy (non-hydrogen) atoms. The maximum atomic E-state index is 14.5. The summed E-state index contributed by atoms with van der Waals surface area (Å²) in [6, 6.07) is 9.73. The lowest BCUT2D eigenvalue weighted by Gasteiger charge is -2.34. The first-order chi connectivity index (χ1) is 17.1. The molecule has 3 heterocycles. The van der Waals surface area contributed by atoms with Gasteiger partial charge in [0.25, 0.3) is 0 Å². The van der Waals surface area contributed by atoms with Gasteiger partial charge in [-0.3, -0.25) is 20.1 Å². The molecule has 1 amide bonds. The minimum Gasteiger partial charge on any atom is -0.496 e. The number of hydrogen-bond acceptors (Lipinski definition) is 6. The highest BCUT2D eigenvalue weighted by Gasteiger charge is 2.43. The van der Waals surface area contributed by atoms with Crippen molar-refractivity contribution >= 4 is 5.91 Å². The van der Waals surface area contributed by atoms with Crippen molar-refractivity contribution in [1.82, 2.24) is 26.1 Å². The van der Waals surface area contributed by atoms with Gasteiger partial charge < -0.3 is 10.1 Å². The lowest BCUT2D eigenvalue weighted by molar-refractivity contribution is -0.127. The average Bonchev–Trinajstić information content (AvgIpc) is 3.18. The third kappa shape index (κ3) is 5.50. The van der Waals surface area contributed by atoms with Gasteiger partial charge in [0.1, 0.15) is 11.6 Å². The molecule has 3 fully saturated rings. The molecular formula is C27H36FN5O2. The van der Waals surface area contributed by atoms with E-state index in [-0.39, 0.29) is 29.7 Å². The van der Waals surface area contributed by atoms with Crippen molar-refractivity contribution in [1.29, 1.82) is 0 Å². The Hall–Kier alpha value is -2.55. The van der Waals surface area contributed by atoms with Crippen LogP contribution in [0, 0.1) is 17.7 Å². The molecule has 1 saturated carbocycles. The fraction of sp³-hybridized carbons (Fsp3) is 0.556. The SMILES string of the molecule is COc1cccc(F)c1CN1CCCCC(NC(=O)C2CCC3NNC(c4ccncc4)C3C2)C1. The molecule has 5 unspecified atom stereocenters. The second-order valence-electron chi connectivity index (χ2n) is 10.2. The van der Waals surface area contributed by atoms with E-state index in [1.54, 1.807) is 19.2 Å². The van der Waals surface area contributed by atoms with E-state index in [9.17, 15) is 9.18 Å². The average molecular weight is 482 g/mol. The number of hydrazine groups is 1. The predicted octanol–water partition coefficient (Wildman–Crippen LogP) is 3.33. The van der Waals surface area contributed by atoms with E-state index in [1.807, 2.05) is 12.4 Å². The summed E-state index contributed by atoms with van der Waals surface area (Å²) in [5, 5.41) is 3.37. The first-order valence-corrected chi connectivity index (χ1v) is 12.9. The molecular weight excluding hydrogens is 445 g/mol. The highest BCUT2D eigenvalue weighted by Crippen LogP contribution is 2.40. The molecule has 0 radical (unpaired) electrons. The van der Waals surface area contributed by atoms with Crippen LogP contribution in [0.25, 0.3) is 0 Å². The van der Waals surface area contributed by atoms with Crippen LogP contribution in [-0.2, 0) is 11.3 Å². The number of nitrogens with one attached hydrogen (secondary N) is 3. The largest absolute Gasteiger partial charge is 0.496 e. The van der Waals surface area contributed by atoms with E-state index in [1.165, 1.54) is 11.6 Å². The van der Waals surface area contributed by atoms with E-state index in [0.717, 1.165) is 51.6 Å². The van der Waals surface area contributed by atoms with Crippen LogP contribution in [0.1, 0.15) is 55.7 Å². The maximum Gasteiger partial charge on any atom is 0.223 e. The zero-order chi connectivity index (χ0) is 24.2. The lowest BCUT2D eigenvalue weighted by atomic mass is 9.74. The molecule has 2 saturated heterocycles. The molecule has 2 aromatic rings. The van der Waals surface area contributed by atoms with Gasteiger partial charge in [-0.15, -0.1) is 0 Å². The van der Waals surface area contributed by atoms with Crippen LogP contribution in [0.4, 0.5) is 4.39 Å². The second-order valence-corrected chi connectivity index (χ2v) is 10.2. The molecule has 1 aliphatic carbocycles. The third-order valence-corrected chi connectivity index (χ3v) is 7.97. The zero-order valence-electron chi connectivity index (χ0n) is 20.4. The number of benzene rings is 1. The highest BCUT2D eigenvalue weighted by atomic mass is 19.1. The number of fused-ring (bicyclic) bond motifs is 1. The van der Waals surface area contributed by atoms with Gasteiger partial charge in [-0.05, 0) is 74.4 Å². The number of carbonyl (C=O) groups excluding carboxylic acids is 1. The zero-order valence-corrected chi connectivity index (χ0v) is 20.4. The van der Waals surface area contributed by atoms with E-state index >= 15 is 0 Å². The summed E-state index contributed by atoms with van der Waals surface area (Å²) in [5.74, 6) is 0.897. The van der Waals surface area contributed by atoms with Gasteiger partial charge in [0.2, 0.25) is 5.91 Å². The van der Waals surface area contributed by atoms with Crippen LogP contribution in [0.5, 0.6) is 5.75 Å². The molecule has 1 aromatic heterocycles. The Bertz CT molecular complexity index is 1010. The van der Waals surface area contributed by atoms with E-state index in [0.29, 0.717) is 29.8 Å². The molecule has 7 nitrogen and oxygen atoms in total. The molecule has 2 aliphatic heterocycles. The Morgan fingerprint density at radius 3 is 2.86 bits per heavy atom. The second kappa shape index (κ2) is 11.0. The van der Waals surface area contributed by atoms with E-state index in [4.69, 9.17) is 4.74 Å². The Balaban J connectivity index is 1.21. The Morgan fingerprint density at radius 2 is 2.03 bits per heavy atom. The Morgan fingerprint density at radius 1 is 1.17 bits per heavy atom. The van der Waals surface area contributed by atoms with Crippen molar-refractivity contribution in [2.24, 2.45) is 11.8 Å². The maximum absolute atomic E-state index is 14.5. The van der Waals surface area contributed by atoms with Crippen molar-refractivity contribution in [3.8, 4) is 5.75 Å². The number of methoxy groups -OCH3 is 1. The first kappa shape index (κ1) is 24.2.